The summed E-state index contributed by atoms with van der Waals surface area (Å²) < 4.78 is 7.99. The molecule has 1 heterocycles. The van der Waals surface area contributed by atoms with E-state index in [4.69, 9.17) is 15.0 Å². The predicted molar refractivity (Wildman–Crippen MR) is 191 cm³/mol. The molecule has 0 spiro atoms. The number of hydrogen-bond donors (Lipinski definition) is 0. The zero-order valence-electron chi connectivity index (χ0n) is 29.0. The maximum Gasteiger partial charge on any atom is 4.00 e. The third-order valence-corrected chi connectivity index (χ3v) is 8.17. The third-order valence-electron chi connectivity index (χ3n) is 8.17. The van der Waals surface area contributed by atoms with E-state index in [0.717, 1.165) is 61.8 Å². The molecule has 0 unspecified atom stereocenters. The van der Waals surface area contributed by atoms with Crippen LogP contribution in [0, 0.1) is 35.8 Å². The van der Waals surface area contributed by atoms with Crippen molar-refractivity contribution in [2.24, 2.45) is 7.05 Å². The van der Waals surface area contributed by atoms with Gasteiger partial charge in [0.1, 0.15) is 5.82 Å². The minimum absolute atomic E-state index is 0. The first-order valence-electron chi connectivity index (χ1n) is 15.0. The summed E-state index contributed by atoms with van der Waals surface area (Å²) in [5.74, 6) is 2.75. The van der Waals surface area contributed by atoms with E-state index in [1.807, 2.05) is 0 Å². The Balaban J connectivity index is 0.00000235. The molecule has 0 N–H and O–H groups in total. The van der Waals surface area contributed by atoms with Crippen LogP contribution in [0.3, 0.4) is 0 Å². The van der Waals surface area contributed by atoms with Crippen LogP contribution in [-0.4, -0.2) is 9.55 Å². The zero-order chi connectivity index (χ0) is 30.3. The van der Waals surface area contributed by atoms with Crippen molar-refractivity contribution in [2.45, 2.75) is 73.1 Å². The second kappa shape index (κ2) is 15.4. The summed E-state index contributed by atoms with van der Waals surface area (Å²) in [4.78, 5) is 5.30. The normalized spacial score (nSPS) is 11.0. The zero-order valence-corrected chi connectivity index (χ0v) is 32.6. The summed E-state index contributed by atoms with van der Waals surface area (Å²) in [6.45, 7) is 17.6. The van der Waals surface area contributed by atoms with Gasteiger partial charge in [-0.15, -0.1) is 11.4 Å². The number of rotatable bonds is 8. The van der Waals surface area contributed by atoms with Gasteiger partial charge < -0.3 is 29.5 Å². The Morgan fingerprint density at radius 1 is 0.711 bits per heavy atom. The molecule has 4 nitrogen and oxygen atoms in total. The second-order valence-corrected chi connectivity index (χ2v) is 12.4. The van der Waals surface area contributed by atoms with Crippen molar-refractivity contribution in [2.75, 3.05) is 0 Å². The van der Waals surface area contributed by atoms with E-state index in [1.165, 1.54) is 16.7 Å². The molecule has 5 rings (SSSR count). The number of nitrogens with zero attached hydrogens (tertiary/aromatic N) is 3. The number of para-hydroxylation sites is 1. The molecule has 0 saturated heterocycles. The molecular formula is C40H49HfN3O. The molecule has 0 amide bonds. The molecule has 1 aromatic heterocycles. The predicted octanol–water partition coefficient (Wildman–Crippen LogP) is 12.3. The van der Waals surface area contributed by atoms with Crippen LogP contribution in [0.4, 0.5) is 11.4 Å². The Morgan fingerprint density at radius 3 is 1.82 bits per heavy atom. The molecule has 0 saturated carbocycles. The van der Waals surface area contributed by atoms with Crippen LogP contribution in [0.1, 0.15) is 87.1 Å². The van der Waals surface area contributed by atoms with Gasteiger partial charge in [-0.3, -0.25) is 0 Å². The molecule has 0 aliphatic heterocycles. The number of benzene rings is 4. The van der Waals surface area contributed by atoms with Crippen molar-refractivity contribution in [3.8, 4) is 28.3 Å². The van der Waals surface area contributed by atoms with E-state index in [-0.39, 0.29) is 40.7 Å². The van der Waals surface area contributed by atoms with Crippen LogP contribution in [0.15, 0.2) is 66.7 Å². The number of aromatic nitrogens is 2. The largest absolute Gasteiger partial charge is 4.00 e. The maximum atomic E-state index is 5.80. The first-order valence-corrected chi connectivity index (χ1v) is 15.0. The van der Waals surface area contributed by atoms with Crippen LogP contribution in [0.25, 0.3) is 38.9 Å². The Bertz CT molecular complexity index is 1740. The summed E-state index contributed by atoms with van der Waals surface area (Å²) in [5.41, 5.74) is 13.1. The van der Waals surface area contributed by atoms with Crippen LogP contribution >= 0.6 is 0 Å². The Kier molecular flexibility index (Phi) is 13.0. The fourth-order valence-corrected chi connectivity index (χ4v) is 6.00. The average Bonchev–Trinajstić information content (AvgIpc) is 3.28. The molecule has 0 aliphatic rings. The molecular weight excluding hydrogens is 717 g/mol. The Labute approximate surface area is 291 Å². The van der Waals surface area contributed by atoms with E-state index in [1.54, 1.807) is 0 Å². The Morgan fingerprint density at radius 2 is 1.27 bits per heavy atom. The first kappa shape index (κ1) is 38.0. The SMILES string of the molecule is [CH2-]Oc1c(-c2ccccc2-c2nc3c([N-]c4c(C(C)C)cccc4C(C)C)cc(C)cc3n2C)cc(C)cc1C(C)C.[CH3-].[CH3-].[Hf+4]. The van der Waals surface area contributed by atoms with Crippen LogP contribution in [0.5, 0.6) is 5.75 Å². The summed E-state index contributed by atoms with van der Waals surface area (Å²) in [7, 11) is 5.93. The van der Waals surface area contributed by atoms with Crippen LogP contribution in [-0.2, 0) is 32.9 Å². The van der Waals surface area contributed by atoms with Crippen molar-refractivity contribution in [3.05, 3.63) is 122 Å². The fraction of sp³-hybridized carbons (Fsp3) is 0.300. The van der Waals surface area contributed by atoms with E-state index in [9.17, 15) is 0 Å². The monoisotopic (exact) mass is 767 g/mol. The smallest absolute Gasteiger partial charge is 0.665 e. The molecule has 0 radical (unpaired) electrons. The third kappa shape index (κ3) is 7.30. The van der Waals surface area contributed by atoms with Gasteiger partial charge in [0, 0.05) is 18.2 Å². The Hall–Kier alpha value is -3.18. The minimum Gasteiger partial charge on any atom is -0.665 e. The molecule has 0 fully saturated rings. The number of ether oxygens (including phenoxy) is 1. The topological polar surface area (TPSA) is 41.1 Å². The number of fused-ring (bicyclic) bond motifs is 1. The van der Waals surface area contributed by atoms with E-state index in [2.05, 4.69) is 141 Å². The van der Waals surface area contributed by atoms with Crippen LogP contribution in [0.2, 0.25) is 0 Å². The molecule has 0 aliphatic carbocycles. The van der Waals surface area contributed by atoms with Crippen molar-refractivity contribution in [3.63, 3.8) is 0 Å². The average molecular weight is 766 g/mol. The molecule has 0 bridgehead atoms. The van der Waals surface area contributed by atoms with Gasteiger partial charge in [0.25, 0.3) is 0 Å². The molecule has 5 heteroatoms. The quantitative estimate of drug-likeness (QED) is 0.117. The second-order valence-electron chi connectivity index (χ2n) is 12.4. The molecule has 45 heavy (non-hydrogen) atoms. The maximum absolute atomic E-state index is 5.80. The van der Waals surface area contributed by atoms with Gasteiger partial charge in [0.2, 0.25) is 0 Å². The summed E-state index contributed by atoms with van der Waals surface area (Å²) >= 11 is 0. The van der Waals surface area contributed by atoms with Gasteiger partial charge in [-0.2, -0.15) is 7.11 Å². The summed E-state index contributed by atoms with van der Waals surface area (Å²) in [6, 6.07) is 23.8. The van der Waals surface area contributed by atoms with Gasteiger partial charge >= 0.3 is 25.8 Å². The molecule has 234 valence electrons. The summed E-state index contributed by atoms with van der Waals surface area (Å²) in [6.07, 6.45) is 0. The van der Waals surface area contributed by atoms with Crippen molar-refractivity contribution < 1.29 is 30.6 Å². The van der Waals surface area contributed by atoms with Crippen molar-refractivity contribution in [1.29, 1.82) is 0 Å². The van der Waals surface area contributed by atoms with Crippen molar-refractivity contribution >= 4 is 22.4 Å². The number of aryl methyl sites for hydroxylation is 3. The molecule has 0 atom stereocenters. The molecule has 4 aromatic carbocycles. The minimum atomic E-state index is 0. The standard InChI is InChI=1S/C38H43N3O.2CH3.Hf/c1-22(2)27-16-13-17-28(23(3)4)35(27)39-33-20-26(8)21-34-36(33)40-38(41(34)9)30-15-12-11-14-29(30)32-19-25(7)18-31(24(5)6)37(32)42-10;;;/h11-24H,10H2,1-9H3;2*1H3;/q-2;2*-1;+4. The molecule has 5 aromatic rings. The summed E-state index contributed by atoms with van der Waals surface area (Å²) in [5, 5.41) is 5.37. The van der Waals surface area contributed by atoms with Gasteiger partial charge in [0.15, 0.2) is 0 Å². The first-order chi connectivity index (χ1) is 20.0. The van der Waals surface area contributed by atoms with Gasteiger partial charge in [0.05, 0.1) is 16.8 Å². The number of imidazole rings is 1. The fourth-order valence-electron chi connectivity index (χ4n) is 6.00. The van der Waals surface area contributed by atoms with E-state index >= 15 is 0 Å². The van der Waals surface area contributed by atoms with Gasteiger partial charge in [-0.05, 0) is 60.4 Å². The van der Waals surface area contributed by atoms with Crippen LogP contribution < -0.4 is 4.74 Å². The van der Waals surface area contributed by atoms with E-state index < -0.39 is 0 Å². The number of hydrogen-bond acceptors (Lipinski definition) is 2. The van der Waals surface area contributed by atoms with E-state index in [0.29, 0.717) is 17.8 Å². The van der Waals surface area contributed by atoms with Crippen molar-refractivity contribution in [1.82, 2.24) is 9.55 Å². The van der Waals surface area contributed by atoms with Gasteiger partial charge in [-0.1, -0.05) is 113 Å². The van der Waals surface area contributed by atoms with Gasteiger partial charge in [-0.25, -0.2) is 4.98 Å².